The second-order valence-electron chi connectivity index (χ2n) is 4.08. The van der Waals surface area contributed by atoms with Gasteiger partial charge in [0.2, 0.25) is 0 Å². The summed E-state index contributed by atoms with van der Waals surface area (Å²) in [5.74, 6) is -0.245. The third kappa shape index (κ3) is 4.13. The molecular formula is C12H18N4O3. The van der Waals surface area contributed by atoms with E-state index >= 15 is 0 Å². The summed E-state index contributed by atoms with van der Waals surface area (Å²) in [6.07, 6.45) is 2.40. The van der Waals surface area contributed by atoms with Gasteiger partial charge in [0.05, 0.1) is 19.0 Å². The Morgan fingerprint density at radius 2 is 2.16 bits per heavy atom. The second-order valence-corrected chi connectivity index (χ2v) is 4.08. The molecule has 0 atom stereocenters. The maximum atomic E-state index is 11.1. The molecule has 19 heavy (non-hydrogen) atoms. The number of hydrogen-bond donors (Lipinski definition) is 3. The zero-order valence-corrected chi connectivity index (χ0v) is 11.2. The van der Waals surface area contributed by atoms with E-state index < -0.39 is 6.03 Å². The van der Waals surface area contributed by atoms with E-state index in [4.69, 9.17) is 5.73 Å². The first-order valence-corrected chi connectivity index (χ1v) is 5.79. The van der Waals surface area contributed by atoms with Crippen LogP contribution in [0, 0.1) is 13.8 Å². The lowest BCUT2D eigenvalue weighted by Crippen LogP contribution is -2.24. The number of carbonyl (C=O) groups is 2. The number of urea groups is 1. The first kappa shape index (κ1) is 14.7. The molecule has 2 amide bonds. The van der Waals surface area contributed by atoms with Crippen LogP contribution in [-0.2, 0) is 16.0 Å². The lowest BCUT2D eigenvalue weighted by molar-refractivity contribution is -0.140. The summed E-state index contributed by atoms with van der Waals surface area (Å²) in [7, 11) is 1.37. The fraction of sp³-hybridized carbons (Fsp3) is 0.417. The highest BCUT2D eigenvalue weighted by Gasteiger charge is 2.12. The predicted octanol–water partition coefficient (Wildman–Crippen LogP) is 0.739. The summed E-state index contributed by atoms with van der Waals surface area (Å²) >= 11 is 0. The quantitative estimate of drug-likeness (QED) is 0.415. The second kappa shape index (κ2) is 6.58. The van der Waals surface area contributed by atoms with Crippen molar-refractivity contribution < 1.29 is 14.3 Å². The Kier molecular flexibility index (Phi) is 5.11. The van der Waals surface area contributed by atoms with E-state index in [1.807, 2.05) is 13.8 Å². The number of ether oxygens (including phenoxy) is 1. The molecule has 0 radical (unpaired) electrons. The first-order chi connectivity index (χ1) is 8.95. The number of esters is 1. The van der Waals surface area contributed by atoms with Gasteiger partial charge < -0.3 is 15.5 Å². The molecule has 0 saturated carbocycles. The molecule has 1 aromatic heterocycles. The van der Waals surface area contributed by atoms with E-state index in [0.29, 0.717) is 12.8 Å². The Labute approximate surface area is 111 Å². The van der Waals surface area contributed by atoms with Crippen LogP contribution in [0.25, 0.3) is 0 Å². The van der Waals surface area contributed by atoms with Crippen LogP contribution in [0.3, 0.4) is 0 Å². The topological polar surface area (TPSA) is 110 Å². The number of aromatic nitrogens is 1. The number of hydrogen-bond acceptors (Lipinski definition) is 4. The van der Waals surface area contributed by atoms with Crippen LogP contribution in [0.15, 0.2) is 5.10 Å². The van der Waals surface area contributed by atoms with Crippen molar-refractivity contribution in [3.8, 4) is 0 Å². The van der Waals surface area contributed by atoms with Gasteiger partial charge in [-0.1, -0.05) is 0 Å². The molecule has 0 fully saturated rings. The maximum absolute atomic E-state index is 11.1. The number of nitrogens with two attached hydrogens (primary N) is 1. The molecule has 104 valence electrons. The highest BCUT2D eigenvalue weighted by Crippen LogP contribution is 2.18. The largest absolute Gasteiger partial charge is 0.469 e. The predicted molar refractivity (Wildman–Crippen MR) is 70.9 cm³/mol. The molecule has 4 N–H and O–H groups in total. The molecule has 7 heteroatoms. The van der Waals surface area contributed by atoms with Crippen molar-refractivity contribution in [2.24, 2.45) is 10.8 Å². The fourth-order valence-electron chi connectivity index (χ4n) is 1.81. The molecule has 0 aliphatic heterocycles. The van der Waals surface area contributed by atoms with Gasteiger partial charge in [-0.25, -0.2) is 10.2 Å². The van der Waals surface area contributed by atoms with Crippen LogP contribution < -0.4 is 11.2 Å². The summed E-state index contributed by atoms with van der Waals surface area (Å²) in [5.41, 5.74) is 10.8. The fourth-order valence-corrected chi connectivity index (χ4v) is 1.81. The van der Waals surface area contributed by atoms with E-state index in [-0.39, 0.29) is 5.97 Å². The van der Waals surface area contributed by atoms with Gasteiger partial charge in [-0.2, -0.15) is 5.10 Å². The van der Waals surface area contributed by atoms with Crippen molar-refractivity contribution in [1.29, 1.82) is 0 Å². The Morgan fingerprint density at radius 1 is 1.47 bits per heavy atom. The van der Waals surface area contributed by atoms with Crippen molar-refractivity contribution in [2.45, 2.75) is 26.7 Å². The normalized spacial score (nSPS) is 10.7. The molecule has 7 nitrogen and oxygen atoms in total. The number of rotatable bonds is 5. The lowest BCUT2D eigenvalue weighted by atomic mass is 10.1. The number of aromatic amines is 1. The number of primary amides is 1. The minimum atomic E-state index is -0.719. The van der Waals surface area contributed by atoms with Crippen molar-refractivity contribution in [3.05, 3.63) is 22.5 Å². The Hall–Kier alpha value is -2.31. The van der Waals surface area contributed by atoms with Crippen molar-refractivity contribution >= 4 is 18.2 Å². The van der Waals surface area contributed by atoms with Gasteiger partial charge in [-0.15, -0.1) is 0 Å². The van der Waals surface area contributed by atoms with Crippen LogP contribution >= 0.6 is 0 Å². The van der Waals surface area contributed by atoms with E-state index in [9.17, 15) is 9.59 Å². The smallest absolute Gasteiger partial charge is 0.332 e. The Balaban J connectivity index is 2.79. The van der Waals surface area contributed by atoms with Crippen LogP contribution in [0.4, 0.5) is 4.79 Å². The Bertz CT molecular complexity index is 505. The lowest BCUT2D eigenvalue weighted by Gasteiger charge is -2.01. The highest BCUT2D eigenvalue weighted by molar-refractivity contribution is 5.82. The monoisotopic (exact) mass is 266 g/mol. The summed E-state index contributed by atoms with van der Waals surface area (Å²) < 4.78 is 4.61. The third-order valence-corrected chi connectivity index (χ3v) is 2.81. The minimum absolute atomic E-state index is 0.245. The van der Waals surface area contributed by atoms with Crippen molar-refractivity contribution in [3.63, 3.8) is 0 Å². The number of carbonyl (C=O) groups excluding carboxylic acids is 2. The number of H-pyrrole nitrogens is 1. The molecule has 1 aromatic rings. The molecule has 1 heterocycles. The zero-order valence-electron chi connectivity index (χ0n) is 11.2. The van der Waals surface area contributed by atoms with E-state index in [0.717, 1.165) is 22.5 Å². The summed E-state index contributed by atoms with van der Waals surface area (Å²) in [6.45, 7) is 3.83. The molecule has 0 unspecified atom stereocenters. The average molecular weight is 266 g/mol. The summed E-state index contributed by atoms with van der Waals surface area (Å²) in [4.78, 5) is 24.8. The third-order valence-electron chi connectivity index (χ3n) is 2.81. The van der Waals surface area contributed by atoms with Crippen LogP contribution in [0.5, 0.6) is 0 Å². The molecule has 0 aliphatic rings. The van der Waals surface area contributed by atoms with E-state index in [1.165, 1.54) is 13.3 Å². The zero-order chi connectivity index (χ0) is 14.4. The van der Waals surface area contributed by atoms with Crippen LogP contribution in [-0.4, -0.2) is 30.3 Å². The maximum Gasteiger partial charge on any atom is 0.332 e. The van der Waals surface area contributed by atoms with Gasteiger partial charge in [-0.05, 0) is 31.4 Å². The molecule has 0 bridgehead atoms. The van der Waals surface area contributed by atoms with Crippen molar-refractivity contribution in [2.75, 3.05) is 7.11 Å². The SMILES string of the molecule is COC(=O)CCc1c(C)[nH]c(C=NNC(N)=O)c1C. The van der Waals surface area contributed by atoms with Gasteiger partial charge >= 0.3 is 12.0 Å². The van der Waals surface area contributed by atoms with Gasteiger partial charge in [-0.3, -0.25) is 4.79 Å². The number of hydrazone groups is 1. The number of methoxy groups -OCH3 is 1. The van der Waals surface area contributed by atoms with Gasteiger partial charge in [0.1, 0.15) is 0 Å². The van der Waals surface area contributed by atoms with Crippen molar-refractivity contribution in [1.82, 2.24) is 10.4 Å². The molecule has 1 rings (SSSR count). The summed E-state index contributed by atoms with van der Waals surface area (Å²) in [6, 6.07) is -0.719. The average Bonchev–Trinajstić information content (AvgIpc) is 2.61. The highest BCUT2D eigenvalue weighted by atomic mass is 16.5. The van der Waals surface area contributed by atoms with Crippen LogP contribution in [0.2, 0.25) is 0 Å². The number of nitrogens with one attached hydrogen (secondary N) is 2. The van der Waals surface area contributed by atoms with Gasteiger partial charge in [0.25, 0.3) is 0 Å². The molecule has 0 aromatic carbocycles. The summed E-state index contributed by atoms with van der Waals surface area (Å²) in [5, 5.41) is 3.70. The first-order valence-electron chi connectivity index (χ1n) is 5.79. The van der Waals surface area contributed by atoms with Crippen LogP contribution in [0.1, 0.15) is 28.9 Å². The minimum Gasteiger partial charge on any atom is -0.469 e. The molecular weight excluding hydrogens is 248 g/mol. The number of amides is 2. The van der Waals surface area contributed by atoms with E-state index in [1.54, 1.807) is 0 Å². The standard InChI is InChI=1S/C12H18N4O3/c1-7-9(4-5-11(17)19-3)8(2)15-10(7)6-14-16-12(13)18/h6,15H,4-5H2,1-3H3,(H3,13,16,18). The Morgan fingerprint density at radius 3 is 2.74 bits per heavy atom. The molecule has 0 spiro atoms. The molecule has 0 aliphatic carbocycles. The number of aryl methyl sites for hydroxylation is 1. The molecule has 0 saturated heterocycles. The van der Waals surface area contributed by atoms with Gasteiger partial charge in [0, 0.05) is 12.1 Å². The number of nitrogens with zero attached hydrogens (tertiary/aromatic N) is 1. The van der Waals surface area contributed by atoms with E-state index in [2.05, 4.69) is 20.2 Å². The van der Waals surface area contributed by atoms with Gasteiger partial charge in [0.15, 0.2) is 0 Å².